The minimum atomic E-state index is -1.08. The topological polar surface area (TPSA) is 81.4 Å². The molecule has 0 aromatic heterocycles. The minimum Gasteiger partial charge on any atom is -0.444 e. The molecule has 1 fully saturated rings. The number of nitrogen functional groups attached to an aromatic ring is 1. The van der Waals surface area contributed by atoms with Gasteiger partial charge in [-0.2, -0.15) is 0 Å². The van der Waals surface area contributed by atoms with Gasteiger partial charge in [-0.05, 0) is 31.0 Å². The van der Waals surface area contributed by atoms with Crippen LogP contribution in [0, 0.1) is 5.82 Å². The van der Waals surface area contributed by atoms with Gasteiger partial charge in [0.2, 0.25) is 6.10 Å². The number of esters is 1. The molecule has 3 rings (SSSR count). The number of halogens is 1. The van der Waals surface area contributed by atoms with Crippen molar-refractivity contribution in [2.24, 2.45) is 0 Å². The van der Waals surface area contributed by atoms with Gasteiger partial charge in [0, 0.05) is 17.3 Å². The molecule has 0 saturated heterocycles. The summed E-state index contributed by atoms with van der Waals surface area (Å²) in [6.07, 6.45) is 0.766. The molecule has 124 valence electrons. The predicted octanol–water partition coefficient (Wildman–Crippen LogP) is 2.58. The van der Waals surface area contributed by atoms with Crippen LogP contribution in [0.4, 0.5) is 10.1 Å². The zero-order chi connectivity index (χ0) is 17.1. The lowest BCUT2D eigenvalue weighted by Gasteiger charge is -2.18. The van der Waals surface area contributed by atoms with Crippen LogP contribution in [0.1, 0.15) is 34.9 Å². The van der Waals surface area contributed by atoms with E-state index in [4.69, 9.17) is 10.5 Å². The van der Waals surface area contributed by atoms with Crippen molar-refractivity contribution in [1.29, 1.82) is 0 Å². The second kappa shape index (κ2) is 6.70. The van der Waals surface area contributed by atoms with Crippen LogP contribution < -0.4 is 11.1 Å². The molecule has 24 heavy (non-hydrogen) atoms. The van der Waals surface area contributed by atoms with E-state index in [1.807, 2.05) is 0 Å². The Morgan fingerprint density at radius 1 is 1.17 bits per heavy atom. The zero-order valence-electron chi connectivity index (χ0n) is 12.9. The highest BCUT2D eigenvalue weighted by Crippen LogP contribution is 2.25. The average molecular weight is 328 g/mol. The maximum Gasteiger partial charge on any atom is 0.341 e. The van der Waals surface area contributed by atoms with E-state index in [9.17, 15) is 14.0 Å². The Bertz CT molecular complexity index is 760. The number of amides is 1. The van der Waals surface area contributed by atoms with Crippen LogP contribution in [0.15, 0.2) is 48.5 Å². The summed E-state index contributed by atoms with van der Waals surface area (Å²) in [6, 6.07) is 12.3. The maximum atomic E-state index is 13.1. The van der Waals surface area contributed by atoms with Gasteiger partial charge in [-0.25, -0.2) is 9.18 Å². The molecular weight excluding hydrogens is 311 g/mol. The molecule has 1 aliphatic rings. The second-order valence-electron chi connectivity index (χ2n) is 5.71. The molecule has 0 aliphatic heterocycles. The Morgan fingerprint density at radius 2 is 1.88 bits per heavy atom. The largest absolute Gasteiger partial charge is 0.444 e. The van der Waals surface area contributed by atoms with E-state index in [0.29, 0.717) is 5.56 Å². The number of hydrogen-bond donors (Lipinski definition) is 2. The van der Waals surface area contributed by atoms with E-state index in [1.165, 1.54) is 6.07 Å². The average Bonchev–Trinajstić information content (AvgIpc) is 3.37. The molecule has 1 aliphatic carbocycles. The summed E-state index contributed by atoms with van der Waals surface area (Å²) in [5.74, 6) is -1.69. The lowest BCUT2D eigenvalue weighted by Crippen LogP contribution is -2.33. The Balaban J connectivity index is 1.82. The highest BCUT2D eigenvalue weighted by molar-refractivity contribution is 5.97. The molecule has 0 radical (unpaired) electrons. The SMILES string of the molecule is Nc1cc(F)ccc1C(=O)OC(C(=O)NC1CC1)c1ccccc1. The van der Waals surface area contributed by atoms with Crippen LogP contribution in [-0.2, 0) is 9.53 Å². The molecule has 1 saturated carbocycles. The van der Waals surface area contributed by atoms with Crippen molar-refractivity contribution in [3.63, 3.8) is 0 Å². The second-order valence-corrected chi connectivity index (χ2v) is 5.71. The first-order valence-corrected chi connectivity index (χ1v) is 7.66. The third-order valence-electron chi connectivity index (χ3n) is 3.72. The summed E-state index contributed by atoms with van der Waals surface area (Å²) in [4.78, 5) is 24.8. The van der Waals surface area contributed by atoms with Crippen molar-refractivity contribution in [1.82, 2.24) is 5.32 Å². The lowest BCUT2D eigenvalue weighted by molar-refractivity contribution is -0.130. The van der Waals surface area contributed by atoms with Crippen molar-refractivity contribution in [2.75, 3.05) is 5.73 Å². The fourth-order valence-electron chi connectivity index (χ4n) is 2.30. The smallest absolute Gasteiger partial charge is 0.341 e. The van der Waals surface area contributed by atoms with E-state index in [1.54, 1.807) is 30.3 Å². The molecule has 6 heteroatoms. The predicted molar refractivity (Wildman–Crippen MR) is 86.6 cm³/mol. The molecule has 1 atom stereocenters. The first-order chi connectivity index (χ1) is 11.5. The number of nitrogens with one attached hydrogen (secondary N) is 1. The molecule has 0 spiro atoms. The number of carbonyl (C=O) groups excluding carboxylic acids is 2. The van der Waals surface area contributed by atoms with Crippen LogP contribution >= 0.6 is 0 Å². The number of carbonyl (C=O) groups is 2. The fraction of sp³-hybridized carbons (Fsp3) is 0.222. The van der Waals surface area contributed by atoms with Gasteiger partial charge in [0.25, 0.3) is 5.91 Å². The molecule has 1 amide bonds. The molecule has 2 aromatic rings. The molecule has 2 aromatic carbocycles. The molecule has 1 unspecified atom stereocenters. The van der Waals surface area contributed by atoms with Crippen LogP contribution in [-0.4, -0.2) is 17.9 Å². The van der Waals surface area contributed by atoms with E-state index in [2.05, 4.69) is 5.32 Å². The summed E-state index contributed by atoms with van der Waals surface area (Å²) in [7, 11) is 0. The third-order valence-corrected chi connectivity index (χ3v) is 3.72. The normalized spacial score (nSPS) is 14.7. The monoisotopic (exact) mass is 328 g/mol. The van der Waals surface area contributed by atoms with E-state index in [0.717, 1.165) is 25.0 Å². The summed E-state index contributed by atoms with van der Waals surface area (Å²) >= 11 is 0. The quantitative estimate of drug-likeness (QED) is 0.653. The first kappa shape index (κ1) is 16.0. The highest BCUT2D eigenvalue weighted by atomic mass is 19.1. The summed E-state index contributed by atoms with van der Waals surface area (Å²) < 4.78 is 18.5. The van der Waals surface area contributed by atoms with Crippen molar-refractivity contribution < 1.29 is 18.7 Å². The van der Waals surface area contributed by atoms with Gasteiger partial charge < -0.3 is 15.8 Å². The number of ether oxygens (including phenoxy) is 1. The van der Waals surface area contributed by atoms with Gasteiger partial charge in [0.05, 0.1) is 5.56 Å². The van der Waals surface area contributed by atoms with Crippen LogP contribution in [0.25, 0.3) is 0 Å². The van der Waals surface area contributed by atoms with E-state index >= 15 is 0 Å². The molecular formula is C18H17FN2O3. The number of rotatable bonds is 5. The number of hydrogen-bond acceptors (Lipinski definition) is 4. The van der Waals surface area contributed by atoms with Crippen molar-refractivity contribution >= 4 is 17.6 Å². The Hall–Kier alpha value is -2.89. The molecule has 0 bridgehead atoms. The van der Waals surface area contributed by atoms with Gasteiger partial charge in [-0.3, -0.25) is 4.79 Å². The Morgan fingerprint density at radius 3 is 2.50 bits per heavy atom. The van der Waals surface area contributed by atoms with Crippen molar-refractivity contribution in [3.05, 3.63) is 65.5 Å². The minimum absolute atomic E-state index is 0.0246. The van der Waals surface area contributed by atoms with Gasteiger partial charge in [-0.1, -0.05) is 30.3 Å². The standard InChI is InChI=1S/C18H17FN2O3/c19-12-6-9-14(15(20)10-12)18(23)24-16(11-4-2-1-3-5-11)17(22)21-13-7-8-13/h1-6,9-10,13,16H,7-8,20H2,(H,21,22). The van der Waals surface area contributed by atoms with Gasteiger partial charge >= 0.3 is 5.97 Å². The summed E-state index contributed by atoms with van der Waals surface area (Å²) in [5, 5.41) is 2.83. The zero-order valence-corrected chi connectivity index (χ0v) is 12.9. The Kier molecular flexibility index (Phi) is 4.46. The summed E-state index contributed by atoms with van der Waals surface area (Å²) in [6.45, 7) is 0. The van der Waals surface area contributed by atoms with Crippen molar-refractivity contribution in [2.45, 2.75) is 25.0 Å². The molecule has 3 N–H and O–H groups in total. The van der Waals surface area contributed by atoms with Gasteiger partial charge in [0.1, 0.15) is 5.82 Å². The van der Waals surface area contributed by atoms with Crippen LogP contribution in [0.3, 0.4) is 0 Å². The van der Waals surface area contributed by atoms with Gasteiger partial charge in [0.15, 0.2) is 0 Å². The van der Waals surface area contributed by atoms with E-state index in [-0.39, 0.29) is 23.2 Å². The van der Waals surface area contributed by atoms with Gasteiger partial charge in [-0.15, -0.1) is 0 Å². The molecule has 0 heterocycles. The van der Waals surface area contributed by atoms with E-state index < -0.39 is 17.9 Å². The Labute approximate surface area is 138 Å². The summed E-state index contributed by atoms with van der Waals surface area (Å²) in [5.41, 5.74) is 6.21. The van der Waals surface area contributed by atoms with Crippen molar-refractivity contribution in [3.8, 4) is 0 Å². The number of benzene rings is 2. The van der Waals surface area contributed by atoms with Crippen LogP contribution in [0.5, 0.6) is 0 Å². The fourth-order valence-corrected chi connectivity index (χ4v) is 2.30. The first-order valence-electron chi connectivity index (χ1n) is 7.66. The number of anilines is 1. The molecule has 5 nitrogen and oxygen atoms in total. The number of nitrogens with two attached hydrogens (primary N) is 1. The lowest BCUT2D eigenvalue weighted by atomic mass is 10.1. The van der Waals surface area contributed by atoms with Crippen LogP contribution in [0.2, 0.25) is 0 Å². The highest BCUT2D eigenvalue weighted by Gasteiger charge is 2.31. The third kappa shape index (κ3) is 3.71. The maximum absolute atomic E-state index is 13.1.